The Balaban J connectivity index is 1.51. The number of halogens is 1. The second-order valence-corrected chi connectivity index (χ2v) is 7.39. The number of fused-ring (bicyclic) bond motifs is 2. The second-order valence-electron chi connectivity index (χ2n) is 5.35. The molecule has 1 aromatic rings. The molecule has 4 N–H and O–H groups in total. The summed E-state index contributed by atoms with van der Waals surface area (Å²) in [7, 11) is 0. The van der Waals surface area contributed by atoms with Gasteiger partial charge in [-0.3, -0.25) is 0 Å². The molecule has 4 nitrogen and oxygen atoms in total. The zero-order chi connectivity index (χ0) is 14.1. The number of nitrogens with two attached hydrogens (primary N) is 2. The van der Waals surface area contributed by atoms with Crippen molar-refractivity contribution < 1.29 is 29.5 Å². The summed E-state index contributed by atoms with van der Waals surface area (Å²) >= 11 is -0.923. The molecule has 0 radical (unpaired) electrons. The van der Waals surface area contributed by atoms with Gasteiger partial charge in [0.25, 0.3) is 0 Å². The van der Waals surface area contributed by atoms with Crippen LogP contribution in [0.5, 0.6) is 0 Å². The molecule has 2 aliphatic carbocycles. The molecule has 3 rings (SSSR count). The Bertz CT molecular complexity index is 502. The molecule has 2 bridgehead atoms. The van der Waals surface area contributed by atoms with Crippen LogP contribution in [0.25, 0.3) is 0 Å². The minimum atomic E-state index is -0.923. The van der Waals surface area contributed by atoms with Gasteiger partial charge in [0.1, 0.15) is 0 Å². The summed E-state index contributed by atoms with van der Waals surface area (Å²) in [5, 5.41) is 0. The molecule has 0 amide bonds. The van der Waals surface area contributed by atoms with Gasteiger partial charge in [-0.1, -0.05) is 0 Å². The molecule has 1 aromatic carbocycles. The summed E-state index contributed by atoms with van der Waals surface area (Å²) in [6.45, 7) is 0.593. The molecule has 5 heteroatoms. The molecule has 0 saturated heterocycles. The molecule has 20 heavy (non-hydrogen) atoms. The summed E-state index contributed by atoms with van der Waals surface area (Å²) in [6, 6.07) is 9.37. The van der Waals surface area contributed by atoms with E-state index in [1.54, 1.807) is 0 Å². The van der Waals surface area contributed by atoms with Crippen molar-refractivity contribution in [1.29, 1.82) is 0 Å². The average molecular weight is 385 g/mol. The Labute approximate surface area is 129 Å². The van der Waals surface area contributed by atoms with Crippen LogP contribution in [0.4, 0.5) is 0 Å². The standard InChI is InChI=1S/C15H18IN2O2/c17-13-10-6-7-11(14(13)18)12(10)8-20-16-15(19)9-4-2-1-3-5-9/h1-7,10-14H,8,17-18H2/q-1/t10?,11?,12?,13-,14-/m1/s1. The van der Waals surface area contributed by atoms with Crippen molar-refractivity contribution in [2.45, 2.75) is 12.1 Å². The monoisotopic (exact) mass is 385 g/mol. The molecule has 1 fully saturated rings. The molecule has 0 aliphatic heterocycles. The first kappa shape index (κ1) is 14.2. The third-order valence-electron chi connectivity index (χ3n) is 4.26. The van der Waals surface area contributed by atoms with Crippen LogP contribution >= 0.6 is 0 Å². The van der Waals surface area contributed by atoms with Crippen LogP contribution in [0.15, 0.2) is 42.5 Å². The van der Waals surface area contributed by atoms with E-state index in [0.717, 1.165) is 5.56 Å². The first-order valence-electron chi connectivity index (χ1n) is 6.74. The van der Waals surface area contributed by atoms with Gasteiger partial charge in [-0.25, -0.2) is 0 Å². The van der Waals surface area contributed by atoms with Gasteiger partial charge in [0.05, 0.1) is 0 Å². The van der Waals surface area contributed by atoms with E-state index >= 15 is 0 Å². The second kappa shape index (κ2) is 5.93. The SMILES string of the molecule is N[C@@H]1C2C=CC(C2CO[I-]C(=O)c2ccccc2)[C@H]1N. The summed E-state index contributed by atoms with van der Waals surface area (Å²) in [5.41, 5.74) is 12.9. The summed E-state index contributed by atoms with van der Waals surface area (Å²) in [4.78, 5) is 12.0. The van der Waals surface area contributed by atoms with Gasteiger partial charge in [0.2, 0.25) is 0 Å². The number of benzene rings is 1. The van der Waals surface area contributed by atoms with E-state index in [9.17, 15) is 4.79 Å². The Morgan fingerprint density at radius 3 is 2.30 bits per heavy atom. The molecule has 1 saturated carbocycles. The van der Waals surface area contributed by atoms with Crippen molar-refractivity contribution in [3.8, 4) is 0 Å². The normalized spacial score (nSPS) is 34.8. The fourth-order valence-corrected chi connectivity index (χ4v) is 4.62. The average Bonchev–Trinajstić information content (AvgIpc) is 2.98. The van der Waals surface area contributed by atoms with Crippen molar-refractivity contribution >= 4 is 3.79 Å². The van der Waals surface area contributed by atoms with Gasteiger partial charge in [0.15, 0.2) is 0 Å². The topological polar surface area (TPSA) is 78.3 Å². The van der Waals surface area contributed by atoms with Crippen molar-refractivity contribution in [2.75, 3.05) is 6.61 Å². The van der Waals surface area contributed by atoms with E-state index in [1.807, 2.05) is 30.3 Å². The molecule has 0 aromatic heterocycles. The van der Waals surface area contributed by atoms with Crippen LogP contribution in [-0.4, -0.2) is 22.5 Å². The number of carbonyl (C=O) groups excluding carboxylic acids is 1. The van der Waals surface area contributed by atoms with Gasteiger partial charge in [-0.2, -0.15) is 0 Å². The third kappa shape index (κ3) is 2.55. The third-order valence-corrected chi connectivity index (χ3v) is 5.95. The number of carbonyl (C=O) groups is 1. The predicted octanol–water partition coefficient (Wildman–Crippen LogP) is -2.07. The van der Waals surface area contributed by atoms with E-state index in [4.69, 9.17) is 14.5 Å². The fraction of sp³-hybridized carbons (Fsp3) is 0.400. The Kier molecular flexibility index (Phi) is 4.21. The molecular formula is C15H18IN2O2-. The zero-order valence-electron chi connectivity index (χ0n) is 11.0. The van der Waals surface area contributed by atoms with E-state index < -0.39 is 21.6 Å². The van der Waals surface area contributed by atoms with E-state index in [0.29, 0.717) is 24.4 Å². The summed E-state index contributed by atoms with van der Waals surface area (Å²) < 4.78 is 5.84. The zero-order valence-corrected chi connectivity index (χ0v) is 13.1. The van der Waals surface area contributed by atoms with Gasteiger partial charge in [-0.05, 0) is 0 Å². The molecular weight excluding hydrogens is 367 g/mol. The summed E-state index contributed by atoms with van der Waals surface area (Å²) in [5.74, 6) is 0.972. The van der Waals surface area contributed by atoms with Crippen LogP contribution in [0.1, 0.15) is 10.4 Å². The molecule has 0 spiro atoms. The Morgan fingerprint density at radius 2 is 1.70 bits per heavy atom. The first-order chi connectivity index (χ1) is 9.68. The number of hydrogen-bond donors (Lipinski definition) is 2. The van der Waals surface area contributed by atoms with E-state index in [2.05, 4.69) is 12.2 Å². The maximum absolute atomic E-state index is 12.0. The Hall–Kier alpha value is -0.760. The minimum absolute atomic E-state index is 0.0293. The van der Waals surface area contributed by atoms with Gasteiger partial charge < -0.3 is 0 Å². The molecule has 4 atom stereocenters. The van der Waals surface area contributed by atoms with Crippen LogP contribution in [0.3, 0.4) is 0 Å². The predicted molar refractivity (Wildman–Crippen MR) is 72.3 cm³/mol. The molecule has 108 valence electrons. The van der Waals surface area contributed by atoms with Crippen LogP contribution in [0.2, 0.25) is 0 Å². The number of rotatable bonds is 5. The molecule has 2 aliphatic rings. The molecule has 0 heterocycles. The van der Waals surface area contributed by atoms with Crippen molar-refractivity contribution in [1.82, 2.24) is 0 Å². The van der Waals surface area contributed by atoms with Crippen LogP contribution in [0, 0.1) is 17.8 Å². The quantitative estimate of drug-likeness (QED) is 0.347. The van der Waals surface area contributed by atoms with Crippen molar-refractivity contribution in [3.05, 3.63) is 48.0 Å². The van der Waals surface area contributed by atoms with Crippen molar-refractivity contribution in [2.24, 2.45) is 29.2 Å². The van der Waals surface area contributed by atoms with Gasteiger partial charge in [-0.15, -0.1) is 0 Å². The van der Waals surface area contributed by atoms with Crippen LogP contribution in [-0.2, 0) is 3.07 Å². The van der Waals surface area contributed by atoms with Crippen LogP contribution < -0.4 is 33.1 Å². The van der Waals surface area contributed by atoms with E-state index in [-0.39, 0.29) is 15.9 Å². The Morgan fingerprint density at radius 1 is 1.10 bits per heavy atom. The van der Waals surface area contributed by atoms with Gasteiger partial charge in [0, 0.05) is 0 Å². The molecule has 2 unspecified atom stereocenters. The maximum atomic E-state index is 12.0. The van der Waals surface area contributed by atoms with Gasteiger partial charge >= 0.3 is 129 Å². The number of hydrogen-bond acceptors (Lipinski definition) is 4. The van der Waals surface area contributed by atoms with Crippen molar-refractivity contribution in [3.63, 3.8) is 0 Å². The first-order valence-corrected chi connectivity index (χ1v) is 8.70. The van der Waals surface area contributed by atoms with E-state index in [1.165, 1.54) is 0 Å². The summed E-state index contributed by atoms with van der Waals surface area (Å²) in [6.07, 6.45) is 4.31. The fourth-order valence-electron chi connectivity index (χ4n) is 3.13.